The number of amides is 1. The zero-order valence-electron chi connectivity index (χ0n) is 16.5. The van der Waals surface area contributed by atoms with E-state index >= 15 is 0 Å². The quantitative estimate of drug-likeness (QED) is 0.598. The lowest BCUT2D eigenvalue weighted by Crippen LogP contribution is -2.27. The molecule has 0 unspecified atom stereocenters. The number of nitrogens with zero attached hydrogens (tertiary/aromatic N) is 3. The van der Waals surface area contributed by atoms with Gasteiger partial charge in [0.2, 0.25) is 0 Å². The van der Waals surface area contributed by atoms with Crippen molar-refractivity contribution in [3.8, 4) is 11.5 Å². The normalized spacial score (nSPS) is 10.5. The van der Waals surface area contributed by atoms with E-state index in [1.54, 1.807) is 25.3 Å². The Labute approximate surface area is 165 Å². The number of methoxy groups -OCH3 is 1. The number of carbonyl (C=O) groups excluding carboxylic acids is 1. The van der Waals surface area contributed by atoms with Gasteiger partial charge in [-0.25, -0.2) is 0 Å². The summed E-state index contributed by atoms with van der Waals surface area (Å²) in [7, 11) is 3.41. The van der Waals surface area contributed by atoms with Gasteiger partial charge in [-0.3, -0.25) is 9.48 Å². The Kier molecular flexibility index (Phi) is 6.32. The molecule has 1 amide bonds. The Morgan fingerprint density at radius 2 is 1.89 bits per heavy atom. The van der Waals surface area contributed by atoms with Crippen molar-refractivity contribution in [1.82, 2.24) is 14.7 Å². The van der Waals surface area contributed by atoms with Crippen molar-refractivity contribution in [1.29, 1.82) is 0 Å². The Morgan fingerprint density at radius 1 is 1.11 bits per heavy atom. The van der Waals surface area contributed by atoms with Crippen LogP contribution < -0.4 is 9.47 Å². The van der Waals surface area contributed by atoms with E-state index < -0.39 is 0 Å². The van der Waals surface area contributed by atoms with E-state index in [0.717, 1.165) is 17.8 Å². The molecule has 146 valence electrons. The topological polar surface area (TPSA) is 56.6 Å². The second-order valence-corrected chi connectivity index (χ2v) is 6.44. The molecule has 0 bridgehead atoms. The first-order valence-electron chi connectivity index (χ1n) is 9.23. The van der Waals surface area contributed by atoms with Crippen LogP contribution in [0, 0.1) is 0 Å². The molecule has 0 atom stereocenters. The summed E-state index contributed by atoms with van der Waals surface area (Å²) in [6.45, 7) is 3.67. The molecular weight excluding hydrogens is 354 g/mol. The third kappa shape index (κ3) is 4.52. The lowest BCUT2D eigenvalue weighted by atomic mass is 10.1. The minimum atomic E-state index is -0.0389. The van der Waals surface area contributed by atoms with E-state index in [0.29, 0.717) is 30.2 Å². The molecule has 0 aliphatic heterocycles. The van der Waals surface area contributed by atoms with Crippen molar-refractivity contribution >= 4 is 5.91 Å². The van der Waals surface area contributed by atoms with Gasteiger partial charge in [0.1, 0.15) is 6.61 Å². The number of benzene rings is 2. The molecular formula is C22H25N3O3. The monoisotopic (exact) mass is 379 g/mol. The van der Waals surface area contributed by atoms with E-state index in [-0.39, 0.29) is 5.91 Å². The van der Waals surface area contributed by atoms with Crippen LogP contribution in [0.2, 0.25) is 0 Å². The molecule has 1 aromatic heterocycles. The summed E-state index contributed by atoms with van der Waals surface area (Å²) in [5.41, 5.74) is 2.56. The number of hydrogen-bond donors (Lipinski definition) is 0. The molecule has 0 fully saturated rings. The van der Waals surface area contributed by atoms with E-state index in [9.17, 15) is 4.79 Å². The first kappa shape index (κ1) is 19.5. The molecule has 3 aromatic rings. The molecule has 0 aliphatic rings. The number of rotatable bonds is 8. The van der Waals surface area contributed by atoms with E-state index in [1.807, 2.05) is 66.2 Å². The van der Waals surface area contributed by atoms with Gasteiger partial charge in [-0.1, -0.05) is 24.3 Å². The smallest absolute Gasteiger partial charge is 0.253 e. The molecule has 28 heavy (non-hydrogen) atoms. The van der Waals surface area contributed by atoms with Crippen LogP contribution >= 0.6 is 0 Å². The van der Waals surface area contributed by atoms with Crippen molar-refractivity contribution in [2.45, 2.75) is 26.6 Å². The summed E-state index contributed by atoms with van der Waals surface area (Å²) in [6.07, 6.45) is 1.76. The molecule has 0 saturated carbocycles. The lowest BCUT2D eigenvalue weighted by molar-refractivity contribution is 0.0781. The number of aryl methyl sites for hydroxylation is 1. The first-order chi connectivity index (χ1) is 13.6. The fourth-order valence-electron chi connectivity index (χ4n) is 3.01. The third-order valence-electron chi connectivity index (χ3n) is 4.49. The maximum Gasteiger partial charge on any atom is 0.253 e. The number of carbonyl (C=O) groups is 1. The van der Waals surface area contributed by atoms with E-state index in [2.05, 4.69) is 5.10 Å². The summed E-state index contributed by atoms with van der Waals surface area (Å²) in [4.78, 5) is 14.5. The van der Waals surface area contributed by atoms with Gasteiger partial charge < -0.3 is 14.4 Å². The lowest BCUT2D eigenvalue weighted by Gasteiger charge is -2.18. The minimum Gasteiger partial charge on any atom is -0.493 e. The molecule has 0 N–H and O–H groups in total. The maximum atomic E-state index is 12.8. The maximum absolute atomic E-state index is 12.8. The summed E-state index contributed by atoms with van der Waals surface area (Å²) < 4.78 is 13.1. The highest BCUT2D eigenvalue weighted by Gasteiger charge is 2.14. The second-order valence-electron chi connectivity index (χ2n) is 6.44. The SMILES string of the molecule is CCn1nccc1CN(C)C(=O)c1cccc(COc2ccccc2OC)c1. The second kappa shape index (κ2) is 9.08. The van der Waals surface area contributed by atoms with E-state index in [1.165, 1.54) is 0 Å². The Morgan fingerprint density at radius 3 is 2.64 bits per heavy atom. The number of hydrogen-bond acceptors (Lipinski definition) is 4. The summed E-state index contributed by atoms with van der Waals surface area (Å²) >= 11 is 0. The van der Waals surface area contributed by atoms with E-state index in [4.69, 9.17) is 9.47 Å². The highest BCUT2D eigenvalue weighted by molar-refractivity contribution is 5.94. The molecule has 2 aromatic carbocycles. The average molecular weight is 379 g/mol. The van der Waals surface area contributed by atoms with Crippen LogP contribution in [0.3, 0.4) is 0 Å². The number of para-hydroxylation sites is 2. The van der Waals surface area contributed by atoms with Crippen LogP contribution in [0.15, 0.2) is 60.8 Å². The molecule has 6 heteroatoms. The van der Waals surface area contributed by atoms with Gasteiger partial charge in [0, 0.05) is 25.4 Å². The van der Waals surface area contributed by atoms with Crippen LogP contribution in [0.5, 0.6) is 11.5 Å². The van der Waals surface area contributed by atoms with Crippen LogP contribution in [0.25, 0.3) is 0 Å². The minimum absolute atomic E-state index is 0.0389. The highest BCUT2D eigenvalue weighted by Crippen LogP contribution is 2.26. The van der Waals surface area contributed by atoms with Gasteiger partial charge in [-0.15, -0.1) is 0 Å². The zero-order valence-corrected chi connectivity index (χ0v) is 16.5. The molecule has 0 aliphatic carbocycles. The summed E-state index contributed by atoms with van der Waals surface area (Å²) in [6, 6.07) is 16.9. The van der Waals surface area contributed by atoms with Gasteiger partial charge in [0.25, 0.3) is 5.91 Å². The predicted molar refractivity (Wildman–Crippen MR) is 107 cm³/mol. The van der Waals surface area contributed by atoms with Crippen LogP contribution in [0.4, 0.5) is 0 Å². The predicted octanol–water partition coefficient (Wildman–Crippen LogP) is 3.76. The molecule has 0 spiro atoms. The fourth-order valence-corrected chi connectivity index (χ4v) is 3.01. The van der Waals surface area contributed by atoms with Crippen molar-refractivity contribution in [3.63, 3.8) is 0 Å². The van der Waals surface area contributed by atoms with Crippen LogP contribution in [-0.4, -0.2) is 34.7 Å². The van der Waals surface area contributed by atoms with Gasteiger partial charge >= 0.3 is 0 Å². The average Bonchev–Trinajstić information content (AvgIpc) is 3.19. The molecule has 3 rings (SSSR count). The fraction of sp³-hybridized carbons (Fsp3) is 0.273. The standard InChI is InChI=1S/C22H25N3O3/c1-4-25-19(12-13-23-25)15-24(2)22(26)18-9-7-8-17(14-18)16-28-21-11-6-5-10-20(21)27-3/h5-14H,4,15-16H2,1-3H3. The third-order valence-corrected chi connectivity index (χ3v) is 4.49. The summed E-state index contributed by atoms with van der Waals surface area (Å²) in [5, 5.41) is 4.25. The Hall–Kier alpha value is -3.28. The van der Waals surface area contributed by atoms with Gasteiger partial charge in [0.05, 0.1) is 19.3 Å². The summed E-state index contributed by atoms with van der Waals surface area (Å²) in [5.74, 6) is 1.32. The molecule has 0 saturated heterocycles. The highest BCUT2D eigenvalue weighted by atomic mass is 16.5. The molecule has 0 radical (unpaired) electrons. The van der Waals surface area contributed by atoms with Crippen molar-refractivity contribution < 1.29 is 14.3 Å². The largest absolute Gasteiger partial charge is 0.493 e. The van der Waals surface area contributed by atoms with Gasteiger partial charge in [-0.2, -0.15) is 5.10 Å². The Bertz CT molecular complexity index is 936. The van der Waals surface area contributed by atoms with Crippen LogP contribution in [-0.2, 0) is 19.7 Å². The zero-order chi connectivity index (χ0) is 19.9. The number of aromatic nitrogens is 2. The first-order valence-corrected chi connectivity index (χ1v) is 9.23. The van der Waals surface area contributed by atoms with Crippen molar-refractivity contribution in [2.24, 2.45) is 0 Å². The van der Waals surface area contributed by atoms with Crippen molar-refractivity contribution in [2.75, 3.05) is 14.2 Å². The van der Waals surface area contributed by atoms with Gasteiger partial charge in [-0.05, 0) is 42.8 Å². The van der Waals surface area contributed by atoms with Gasteiger partial charge in [0.15, 0.2) is 11.5 Å². The van der Waals surface area contributed by atoms with Crippen LogP contribution in [0.1, 0.15) is 28.5 Å². The number of ether oxygens (including phenoxy) is 2. The molecule has 1 heterocycles. The van der Waals surface area contributed by atoms with Crippen molar-refractivity contribution in [3.05, 3.63) is 77.6 Å². The molecule has 6 nitrogen and oxygen atoms in total. The Balaban J connectivity index is 1.67.